The zero-order valence-corrected chi connectivity index (χ0v) is 14.4. The molecule has 0 saturated heterocycles. The van der Waals surface area contributed by atoms with E-state index in [0.717, 1.165) is 12.8 Å². The number of nitrogens with one attached hydrogen (secondary N) is 1. The van der Waals surface area contributed by atoms with E-state index in [1.807, 2.05) is 19.1 Å². The van der Waals surface area contributed by atoms with Crippen LogP contribution >= 0.6 is 24.8 Å². The first-order valence-electron chi connectivity index (χ1n) is 7.12. The molecule has 0 aromatic carbocycles. The van der Waals surface area contributed by atoms with Crippen LogP contribution in [0.15, 0.2) is 36.7 Å². The zero-order valence-electron chi connectivity index (χ0n) is 12.8. The number of hydrogen-bond donors (Lipinski definition) is 2. The lowest BCUT2D eigenvalue weighted by Gasteiger charge is -2.29. The van der Waals surface area contributed by atoms with Gasteiger partial charge in [-0.1, -0.05) is 6.07 Å². The number of pyridine rings is 1. The summed E-state index contributed by atoms with van der Waals surface area (Å²) in [5.74, 6) is 0.901. The number of carbonyl (C=O) groups excluding carboxylic acids is 1. The van der Waals surface area contributed by atoms with E-state index < -0.39 is 0 Å². The summed E-state index contributed by atoms with van der Waals surface area (Å²) in [6.07, 6.45) is 5.70. The van der Waals surface area contributed by atoms with Crippen molar-refractivity contribution in [3.63, 3.8) is 0 Å². The lowest BCUT2D eigenvalue weighted by Crippen LogP contribution is -2.53. The van der Waals surface area contributed by atoms with Gasteiger partial charge in [-0.3, -0.25) is 4.79 Å². The minimum absolute atomic E-state index is 0. The molecule has 0 spiro atoms. The molecule has 2 heterocycles. The highest BCUT2D eigenvalue weighted by molar-refractivity contribution is 5.93. The lowest BCUT2D eigenvalue weighted by atomic mass is 9.96. The summed E-state index contributed by atoms with van der Waals surface area (Å²) in [5, 5.41) is 7.16. The number of hydrogen-bond acceptors (Lipinski definition) is 4. The second-order valence-corrected chi connectivity index (χ2v) is 5.68. The topological polar surface area (TPSA) is 85.8 Å². The number of rotatable bonds is 5. The van der Waals surface area contributed by atoms with Crippen molar-refractivity contribution >= 4 is 30.7 Å². The molecule has 2 aromatic rings. The summed E-state index contributed by atoms with van der Waals surface area (Å²) in [6.45, 7) is 2.43. The molecule has 8 heteroatoms. The van der Waals surface area contributed by atoms with Gasteiger partial charge in [0, 0.05) is 18.9 Å². The fourth-order valence-electron chi connectivity index (χ4n) is 2.45. The van der Waals surface area contributed by atoms with Crippen molar-refractivity contribution in [1.29, 1.82) is 0 Å². The van der Waals surface area contributed by atoms with Crippen molar-refractivity contribution in [2.45, 2.75) is 25.3 Å². The molecule has 1 saturated carbocycles. The largest absolute Gasteiger partial charge is 0.344 e. The fraction of sp³-hybridized carbons (Fsp3) is 0.400. The van der Waals surface area contributed by atoms with Crippen molar-refractivity contribution in [3.05, 3.63) is 42.4 Å². The van der Waals surface area contributed by atoms with Crippen LogP contribution in [0.1, 0.15) is 30.3 Å². The molecule has 3 N–H and O–H groups in total. The van der Waals surface area contributed by atoms with E-state index in [4.69, 9.17) is 5.73 Å². The monoisotopic (exact) mass is 357 g/mol. The van der Waals surface area contributed by atoms with E-state index in [-0.39, 0.29) is 36.3 Å². The number of nitrogens with zero attached hydrogens (tertiary/aromatic N) is 3. The molecular weight excluding hydrogens is 337 g/mol. The van der Waals surface area contributed by atoms with Crippen LogP contribution in [-0.4, -0.2) is 32.8 Å². The molecule has 126 valence electrons. The Balaban J connectivity index is 0.00000132. The van der Waals surface area contributed by atoms with Crippen molar-refractivity contribution in [3.8, 4) is 5.82 Å². The molecule has 6 nitrogen and oxygen atoms in total. The minimum Gasteiger partial charge on any atom is -0.344 e. The first-order valence-corrected chi connectivity index (χ1v) is 7.12. The van der Waals surface area contributed by atoms with Crippen LogP contribution in [0, 0.1) is 5.92 Å². The Labute approximate surface area is 147 Å². The predicted octanol–water partition coefficient (Wildman–Crippen LogP) is 1.97. The van der Waals surface area contributed by atoms with Gasteiger partial charge < -0.3 is 11.1 Å². The highest BCUT2D eigenvalue weighted by Crippen LogP contribution is 2.39. The molecule has 0 bridgehead atoms. The van der Waals surface area contributed by atoms with E-state index in [0.29, 0.717) is 24.0 Å². The summed E-state index contributed by atoms with van der Waals surface area (Å²) in [7, 11) is 0. The Hall–Kier alpha value is -1.63. The van der Waals surface area contributed by atoms with Gasteiger partial charge in [0.25, 0.3) is 5.91 Å². The molecule has 1 aliphatic carbocycles. The van der Waals surface area contributed by atoms with Crippen molar-refractivity contribution in [2.75, 3.05) is 6.54 Å². The third-order valence-electron chi connectivity index (χ3n) is 4.01. The van der Waals surface area contributed by atoms with Gasteiger partial charge in [-0.05, 0) is 43.9 Å². The van der Waals surface area contributed by atoms with Crippen molar-refractivity contribution in [2.24, 2.45) is 11.7 Å². The molecule has 3 rings (SSSR count). The molecule has 1 amide bonds. The molecule has 1 aliphatic rings. The van der Waals surface area contributed by atoms with Crippen molar-refractivity contribution in [1.82, 2.24) is 20.1 Å². The molecule has 1 unspecified atom stereocenters. The van der Waals surface area contributed by atoms with Gasteiger partial charge in [-0.25, -0.2) is 9.67 Å². The summed E-state index contributed by atoms with van der Waals surface area (Å²) >= 11 is 0. The Bertz CT molecular complexity index is 645. The first-order chi connectivity index (χ1) is 10.1. The van der Waals surface area contributed by atoms with E-state index in [1.54, 1.807) is 29.2 Å². The number of aromatic nitrogens is 3. The Morgan fingerprint density at radius 1 is 1.39 bits per heavy atom. The maximum atomic E-state index is 12.4. The smallest absolute Gasteiger partial charge is 0.270 e. The summed E-state index contributed by atoms with van der Waals surface area (Å²) in [4.78, 5) is 16.8. The fourth-order valence-corrected chi connectivity index (χ4v) is 2.45. The van der Waals surface area contributed by atoms with Gasteiger partial charge in [0.15, 0.2) is 5.82 Å². The number of nitrogens with two attached hydrogens (primary N) is 1. The van der Waals surface area contributed by atoms with Crippen molar-refractivity contribution < 1.29 is 4.79 Å². The zero-order chi connectivity index (χ0) is 14.9. The second kappa shape index (κ2) is 7.77. The van der Waals surface area contributed by atoms with Crippen LogP contribution in [0.25, 0.3) is 5.82 Å². The van der Waals surface area contributed by atoms with E-state index in [9.17, 15) is 4.79 Å². The molecule has 23 heavy (non-hydrogen) atoms. The van der Waals surface area contributed by atoms with Gasteiger partial charge in [0.05, 0.1) is 5.54 Å². The normalized spacial score (nSPS) is 15.7. The third-order valence-corrected chi connectivity index (χ3v) is 4.01. The number of amides is 1. The highest BCUT2D eigenvalue weighted by atomic mass is 35.5. The molecule has 0 radical (unpaired) electrons. The molecule has 2 aromatic heterocycles. The van der Waals surface area contributed by atoms with Gasteiger partial charge in [-0.2, -0.15) is 5.10 Å². The maximum Gasteiger partial charge on any atom is 0.270 e. The molecule has 1 fully saturated rings. The van der Waals surface area contributed by atoms with Crippen LogP contribution in [0.4, 0.5) is 0 Å². The average Bonchev–Trinajstić information content (AvgIpc) is 3.23. The number of carbonyl (C=O) groups is 1. The Kier molecular flexibility index (Phi) is 6.56. The van der Waals surface area contributed by atoms with Gasteiger partial charge >= 0.3 is 0 Å². The molecule has 1 atom stereocenters. The first kappa shape index (κ1) is 19.4. The molecular formula is C15H21Cl2N5O. The van der Waals surface area contributed by atoms with Crippen LogP contribution in [0.2, 0.25) is 0 Å². The van der Waals surface area contributed by atoms with E-state index >= 15 is 0 Å². The second-order valence-electron chi connectivity index (χ2n) is 5.68. The highest BCUT2D eigenvalue weighted by Gasteiger charge is 2.41. The SMILES string of the molecule is CC(CN)(NC(=O)c1cccc(-n2cccn2)n1)C1CC1.Cl.Cl. The standard InChI is InChI=1S/C15H19N5O.2ClH/c1-15(10-16,11-6-7-11)19-14(21)12-4-2-5-13(18-12)20-9-3-8-17-20;;/h2-5,8-9,11H,6-7,10,16H2,1H3,(H,19,21);2*1H. The van der Waals surface area contributed by atoms with Crippen LogP contribution in [0.5, 0.6) is 0 Å². The minimum atomic E-state index is -0.347. The Morgan fingerprint density at radius 2 is 2.13 bits per heavy atom. The lowest BCUT2D eigenvalue weighted by molar-refractivity contribution is 0.0892. The van der Waals surface area contributed by atoms with Crippen LogP contribution < -0.4 is 11.1 Å². The summed E-state index contributed by atoms with van der Waals surface area (Å²) in [5.41, 5.74) is 5.86. The summed E-state index contributed by atoms with van der Waals surface area (Å²) < 4.78 is 1.62. The number of halogens is 2. The van der Waals surface area contributed by atoms with Crippen LogP contribution in [-0.2, 0) is 0 Å². The maximum absolute atomic E-state index is 12.4. The third kappa shape index (κ3) is 4.22. The van der Waals surface area contributed by atoms with E-state index in [2.05, 4.69) is 15.4 Å². The van der Waals surface area contributed by atoms with E-state index in [1.165, 1.54) is 0 Å². The van der Waals surface area contributed by atoms with Gasteiger partial charge in [0.2, 0.25) is 0 Å². The predicted molar refractivity (Wildman–Crippen MR) is 93.5 cm³/mol. The van der Waals surface area contributed by atoms with Gasteiger partial charge in [-0.15, -0.1) is 24.8 Å². The average molecular weight is 358 g/mol. The van der Waals surface area contributed by atoms with Gasteiger partial charge in [0.1, 0.15) is 5.69 Å². The summed E-state index contributed by atoms with van der Waals surface area (Å²) in [6, 6.07) is 7.13. The molecule has 0 aliphatic heterocycles. The quantitative estimate of drug-likeness (QED) is 0.856. The van der Waals surface area contributed by atoms with Crippen LogP contribution in [0.3, 0.4) is 0 Å². The Morgan fingerprint density at radius 3 is 2.70 bits per heavy atom.